The van der Waals surface area contributed by atoms with Gasteiger partial charge in [0.2, 0.25) is 11.7 Å². The Kier molecular flexibility index (Phi) is 3.58. The van der Waals surface area contributed by atoms with Gasteiger partial charge in [-0.15, -0.1) is 0 Å². The van der Waals surface area contributed by atoms with E-state index in [1.165, 1.54) is 6.26 Å². The first-order chi connectivity index (χ1) is 8.16. The van der Waals surface area contributed by atoms with Crippen molar-refractivity contribution in [3.05, 3.63) is 24.2 Å². The van der Waals surface area contributed by atoms with E-state index in [2.05, 4.69) is 5.32 Å². The molecule has 1 aromatic rings. The first-order valence-corrected chi connectivity index (χ1v) is 5.66. The number of amides is 1. The zero-order valence-electron chi connectivity index (χ0n) is 9.64. The van der Waals surface area contributed by atoms with Gasteiger partial charge in [0.1, 0.15) is 6.10 Å². The summed E-state index contributed by atoms with van der Waals surface area (Å²) >= 11 is 0. The van der Waals surface area contributed by atoms with E-state index in [4.69, 9.17) is 9.15 Å². The third-order valence-corrected chi connectivity index (χ3v) is 2.74. The number of hydrogen-bond donors (Lipinski definition) is 1. The Morgan fingerprint density at radius 1 is 1.47 bits per heavy atom. The lowest BCUT2D eigenvalue weighted by atomic mass is 10.2. The van der Waals surface area contributed by atoms with Crippen molar-refractivity contribution in [1.29, 1.82) is 0 Å². The van der Waals surface area contributed by atoms with E-state index in [1.54, 1.807) is 12.1 Å². The normalized spacial score (nSPS) is 23.6. The van der Waals surface area contributed by atoms with Crippen molar-refractivity contribution in [2.75, 3.05) is 6.54 Å². The maximum Gasteiger partial charge on any atom is 0.249 e. The number of ketones is 1. The highest BCUT2D eigenvalue weighted by Crippen LogP contribution is 2.18. The minimum Gasteiger partial charge on any atom is -0.461 e. The second-order valence-corrected chi connectivity index (χ2v) is 4.13. The van der Waals surface area contributed by atoms with Crippen molar-refractivity contribution in [2.45, 2.75) is 32.0 Å². The molecule has 0 unspecified atom stereocenters. The smallest absolute Gasteiger partial charge is 0.249 e. The van der Waals surface area contributed by atoms with Gasteiger partial charge in [-0.1, -0.05) is 0 Å². The highest BCUT2D eigenvalue weighted by atomic mass is 16.5. The minimum atomic E-state index is -0.422. The lowest BCUT2D eigenvalue weighted by Gasteiger charge is -2.10. The van der Waals surface area contributed by atoms with Crippen LogP contribution in [0.5, 0.6) is 0 Å². The van der Waals surface area contributed by atoms with Gasteiger partial charge in [0.05, 0.1) is 18.9 Å². The topological polar surface area (TPSA) is 68.5 Å². The van der Waals surface area contributed by atoms with Gasteiger partial charge in [-0.25, -0.2) is 0 Å². The van der Waals surface area contributed by atoms with E-state index < -0.39 is 6.10 Å². The van der Waals surface area contributed by atoms with Crippen LogP contribution in [0.1, 0.15) is 30.3 Å². The summed E-state index contributed by atoms with van der Waals surface area (Å²) in [6.07, 6.45) is 2.71. The highest BCUT2D eigenvalue weighted by molar-refractivity contribution is 5.97. The molecule has 0 bridgehead atoms. The van der Waals surface area contributed by atoms with Gasteiger partial charge in [0.25, 0.3) is 0 Å². The summed E-state index contributed by atoms with van der Waals surface area (Å²) in [6.45, 7) is 1.88. The highest BCUT2D eigenvalue weighted by Gasteiger charge is 2.28. The van der Waals surface area contributed by atoms with Crippen LogP contribution in [-0.2, 0) is 9.53 Å². The molecule has 0 aromatic carbocycles. The van der Waals surface area contributed by atoms with E-state index >= 15 is 0 Å². The molecule has 1 amide bonds. The van der Waals surface area contributed by atoms with Gasteiger partial charge in [0, 0.05) is 0 Å². The molecule has 5 heteroatoms. The first-order valence-electron chi connectivity index (χ1n) is 5.66. The van der Waals surface area contributed by atoms with Crippen LogP contribution in [0.25, 0.3) is 0 Å². The van der Waals surface area contributed by atoms with Crippen LogP contribution in [0.3, 0.4) is 0 Å². The average molecular weight is 237 g/mol. The quantitative estimate of drug-likeness (QED) is 0.797. The van der Waals surface area contributed by atoms with Gasteiger partial charge >= 0.3 is 0 Å². The van der Waals surface area contributed by atoms with Crippen LogP contribution in [0.15, 0.2) is 22.8 Å². The van der Waals surface area contributed by atoms with Crippen molar-refractivity contribution in [3.8, 4) is 0 Å². The predicted octanol–water partition coefficient (Wildman–Crippen LogP) is 1.15. The summed E-state index contributed by atoms with van der Waals surface area (Å²) in [5.41, 5.74) is 0. The minimum absolute atomic E-state index is 0.0550. The molecule has 92 valence electrons. The van der Waals surface area contributed by atoms with E-state index in [1.807, 2.05) is 6.92 Å². The van der Waals surface area contributed by atoms with E-state index in [0.29, 0.717) is 6.42 Å². The van der Waals surface area contributed by atoms with E-state index in [0.717, 1.165) is 6.42 Å². The molecule has 0 saturated carbocycles. The lowest BCUT2D eigenvalue weighted by molar-refractivity contribution is -0.131. The molecule has 0 aliphatic carbocycles. The lowest BCUT2D eigenvalue weighted by Crippen LogP contribution is -2.37. The number of carbonyl (C=O) groups is 2. The summed E-state index contributed by atoms with van der Waals surface area (Å²) in [7, 11) is 0. The molecular weight excluding hydrogens is 222 g/mol. The summed E-state index contributed by atoms with van der Waals surface area (Å²) in [5, 5.41) is 2.56. The molecule has 2 rings (SSSR count). The Balaban J connectivity index is 1.78. The largest absolute Gasteiger partial charge is 0.461 e. The van der Waals surface area contributed by atoms with Crippen molar-refractivity contribution >= 4 is 11.7 Å². The molecule has 0 radical (unpaired) electrons. The average Bonchev–Trinajstić information content (AvgIpc) is 2.95. The van der Waals surface area contributed by atoms with E-state index in [-0.39, 0.29) is 30.1 Å². The molecule has 2 heterocycles. The summed E-state index contributed by atoms with van der Waals surface area (Å²) in [6, 6.07) is 3.21. The monoisotopic (exact) mass is 237 g/mol. The molecule has 17 heavy (non-hydrogen) atoms. The molecule has 1 N–H and O–H groups in total. The Hall–Kier alpha value is -1.62. The number of Topliss-reactive ketones (excluding diaryl/α,β-unsaturated/α-hetero) is 1. The molecule has 2 atom stereocenters. The number of carbonyl (C=O) groups excluding carboxylic acids is 2. The van der Waals surface area contributed by atoms with Crippen molar-refractivity contribution in [1.82, 2.24) is 5.32 Å². The number of ether oxygens (including phenoxy) is 1. The second-order valence-electron chi connectivity index (χ2n) is 4.13. The van der Waals surface area contributed by atoms with Crippen LogP contribution in [0.4, 0.5) is 0 Å². The predicted molar refractivity (Wildman–Crippen MR) is 59.6 cm³/mol. The summed E-state index contributed by atoms with van der Waals surface area (Å²) in [4.78, 5) is 23.2. The SMILES string of the molecule is C[C@H]1CC[C@H](C(=O)NCC(=O)c2ccco2)O1. The molecule has 1 aliphatic rings. The molecule has 1 aliphatic heterocycles. The maximum absolute atomic E-state index is 11.6. The van der Waals surface area contributed by atoms with Crippen molar-refractivity contribution < 1.29 is 18.7 Å². The van der Waals surface area contributed by atoms with Gasteiger partial charge in [-0.3, -0.25) is 9.59 Å². The third kappa shape index (κ3) is 2.94. The van der Waals surface area contributed by atoms with E-state index in [9.17, 15) is 9.59 Å². The Morgan fingerprint density at radius 3 is 2.88 bits per heavy atom. The Bertz CT molecular complexity index is 399. The molecule has 1 aromatic heterocycles. The second kappa shape index (κ2) is 5.14. The zero-order chi connectivity index (χ0) is 12.3. The number of nitrogens with one attached hydrogen (secondary N) is 1. The summed E-state index contributed by atoms with van der Waals surface area (Å²) < 4.78 is 10.3. The molecular formula is C12H15NO4. The Morgan fingerprint density at radius 2 is 2.29 bits per heavy atom. The fourth-order valence-electron chi connectivity index (χ4n) is 1.80. The van der Waals surface area contributed by atoms with Crippen molar-refractivity contribution in [3.63, 3.8) is 0 Å². The fourth-order valence-corrected chi connectivity index (χ4v) is 1.80. The number of rotatable bonds is 4. The molecule has 1 saturated heterocycles. The van der Waals surface area contributed by atoms with Crippen LogP contribution >= 0.6 is 0 Å². The number of furan rings is 1. The first kappa shape index (κ1) is 11.9. The summed E-state index contributed by atoms with van der Waals surface area (Å²) in [5.74, 6) is -0.213. The molecule has 5 nitrogen and oxygen atoms in total. The van der Waals surface area contributed by atoms with Gasteiger partial charge < -0.3 is 14.5 Å². The van der Waals surface area contributed by atoms with Gasteiger partial charge in [-0.05, 0) is 31.9 Å². The molecule has 1 fully saturated rings. The standard InChI is InChI=1S/C12H15NO4/c1-8-4-5-11(17-8)12(15)13-7-9(14)10-3-2-6-16-10/h2-3,6,8,11H,4-5,7H2,1H3,(H,13,15)/t8-,11+/m0/s1. The van der Waals surface area contributed by atoms with Crippen LogP contribution in [0, 0.1) is 0 Å². The zero-order valence-corrected chi connectivity index (χ0v) is 9.64. The maximum atomic E-state index is 11.6. The third-order valence-electron chi connectivity index (χ3n) is 2.74. The molecule has 0 spiro atoms. The van der Waals surface area contributed by atoms with Gasteiger partial charge in [0.15, 0.2) is 5.76 Å². The fraction of sp³-hybridized carbons (Fsp3) is 0.500. The van der Waals surface area contributed by atoms with Crippen LogP contribution < -0.4 is 5.32 Å². The number of hydrogen-bond acceptors (Lipinski definition) is 4. The van der Waals surface area contributed by atoms with Crippen LogP contribution in [-0.4, -0.2) is 30.4 Å². The van der Waals surface area contributed by atoms with Gasteiger partial charge in [-0.2, -0.15) is 0 Å². The van der Waals surface area contributed by atoms with Crippen molar-refractivity contribution in [2.24, 2.45) is 0 Å². The van der Waals surface area contributed by atoms with Crippen LogP contribution in [0.2, 0.25) is 0 Å². The Labute approximate surface area is 99.1 Å².